The summed E-state index contributed by atoms with van der Waals surface area (Å²) in [6.07, 6.45) is 38.7. The highest BCUT2D eigenvalue weighted by Crippen LogP contribution is 2.37. The third-order valence-electron chi connectivity index (χ3n) is 8.07. The molecule has 0 amide bonds. The minimum Gasteiger partial charge on any atom is -0.0952 e. The van der Waals surface area contributed by atoms with Gasteiger partial charge in [-0.2, -0.15) is 0 Å². The highest BCUT2D eigenvalue weighted by atomic mass is 14.3. The van der Waals surface area contributed by atoms with Crippen molar-refractivity contribution in [3.05, 3.63) is 119 Å². The SMILES string of the molecule is C=C(CCC1=CC2C=C(CCCCC3CCCC3)C=CC2=C1)C1=CC(=C)C2C=CC=CC2=C1. The van der Waals surface area contributed by atoms with E-state index in [0.717, 1.165) is 18.8 Å². The van der Waals surface area contributed by atoms with E-state index in [1.807, 2.05) is 0 Å². The van der Waals surface area contributed by atoms with Crippen LogP contribution in [0.25, 0.3) is 0 Å². The minimum atomic E-state index is 0.340. The molecular formula is C33H38. The molecule has 2 unspecified atom stereocenters. The third kappa shape index (κ3) is 5.32. The fraction of sp³-hybridized carbons (Fsp3) is 0.394. The molecule has 5 aliphatic rings. The normalized spacial score (nSPS) is 25.8. The number of allylic oxidation sites excluding steroid dienone is 18. The lowest BCUT2D eigenvalue weighted by Crippen LogP contribution is -2.09. The second-order valence-electron chi connectivity index (χ2n) is 10.5. The third-order valence-corrected chi connectivity index (χ3v) is 8.07. The van der Waals surface area contributed by atoms with Crippen molar-refractivity contribution in [2.45, 2.75) is 64.2 Å². The van der Waals surface area contributed by atoms with E-state index in [1.54, 1.807) is 0 Å². The van der Waals surface area contributed by atoms with Gasteiger partial charge in [0.25, 0.3) is 0 Å². The molecule has 5 rings (SSSR count). The van der Waals surface area contributed by atoms with Crippen LogP contribution in [0.3, 0.4) is 0 Å². The molecule has 170 valence electrons. The smallest absolute Gasteiger partial charge is 0.0267 e. The Kier molecular flexibility index (Phi) is 6.81. The Morgan fingerprint density at radius 2 is 1.70 bits per heavy atom. The molecule has 2 atom stereocenters. The molecule has 0 nitrogen and oxygen atoms in total. The average Bonchev–Trinajstić information content (AvgIpc) is 3.49. The van der Waals surface area contributed by atoms with E-state index in [0.29, 0.717) is 11.8 Å². The first-order chi connectivity index (χ1) is 16.2. The summed E-state index contributed by atoms with van der Waals surface area (Å²) in [7, 11) is 0. The number of hydrogen-bond acceptors (Lipinski definition) is 0. The number of hydrogen-bond donors (Lipinski definition) is 0. The Hall–Kier alpha value is -2.60. The topological polar surface area (TPSA) is 0 Å². The van der Waals surface area contributed by atoms with E-state index in [1.165, 1.54) is 90.4 Å². The van der Waals surface area contributed by atoms with Crippen LogP contribution in [-0.4, -0.2) is 0 Å². The van der Waals surface area contributed by atoms with E-state index >= 15 is 0 Å². The second-order valence-corrected chi connectivity index (χ2v) is 10.5. The Balaban J connectivity index is 1.11. The van der Waals surface area contributed by atoms with Crippen LogP contribution >= 0.6 is 0 Å². The Morgan fingerprint density at radius 1 is 0.848 bits per heavy atom. The largest absolute Gasteiger partial charge is 0.0952 e. The molecule has 0 heterocycles. The molecule has 1 saturated carbocycles. The highest BCUT2D eigenvalue weighted by Gasteiger charge is 2.21. The van der Waals surface area contributed by atoms with E-state index in [4.69, 9.17) is 0 Å². The maximum absolute atomic E-state index is 4.41. The molecule has 0 aromatic carbocycles. The Bertz CT molecular complexity index is 1050. The Labute approximate surface area is 200 Å². The van der Waals surface area contributed by atoms with Gasteiger partial charge in [0, 0.05) is 11.8 Å². The zero-order valence-corrected chi connectivity index (χ0v) is 20.1. The van der Waals surface area contributed by atoms with Crippen LogP contribution < -0.4 is 0 Å². The zero-order chi connectivity index (χ0) is 22.6. The maximum atomic E-state index is 4.41. The number of unbranched alkanes of at least 4 members (excludes halogenated alkanes) is 1. The van der Waals surface area contributed by atoms with Gasteiger partial charge in [-0.1, -0.05) is 130 Å². The Morgan fingerprint density at radius 3 is 2.58 bits per heavy atom. The average molecular weight is 435 g/mol. The van der Waals surface area contributed by atoms with Gasteiger partial charge in [0.15, 0.2) is 0 Å². The first-order valence-electron chi connectivity index (χ1n) is 13.1. The summed E-state index contributed by atoms with van der Waals surface area (Å²) in [6.45, 7) is 8.71. The molecule has 1 fully saturated rings. The molecule has 0 aliphatic heterocycles. The lowest BCUT2D eigenvalue weighted by atomic mass is 9.80. The molecule has 0 saturated heterocycles. The lowest BCUT2D eigenvalue weighted by Gasteiger charge is -2.24. The quantitative estimate of drug-likeness (QED) is 0.317. The molecule has 0 aromatic heterocycles. The first kappa shape index (κ1) is 22.2. The van der Waals surface area contributed by atoms with Crippen molar-refractivity contribution in [2.24, 2.45) is 17.8 Å². The van der Waals surface area contributed by atoms with Gasteiger partial charge < -0.3 is 0 Å². The summed E-state index contributed by atoms with van der Waals surface area (Å²) < 4.78 is 0. The highest BCUT2D eigenvalue weighted by molar-refractivity contribution is 5.56. The maximum Gasteiger partial charge on any atom is 0.0267 e. The van der Waals surface area contributed by atoms with Crippen molar-refractivity contribution in [2.75, 3.05) is 0 Å². The number of rotatable bonds is 9. The molecule has 0 spiro atoms. The van der Waals surface area contributed by atoms with Crippen molar-refractivity contribution < 1.29 is 0 Å². The zero-order valence-electron chi connectivity index (χ0n) is 20.1. The second kappa shape index (κ2) is 10.1. The molecule has 33 heavy (non-hydrogen) atoms. The molecule has 0 N–H and O–H groups in total. The molecule has 0 bridgehead atoms. The summed E-state index contributed by atoms with van der Waals surface area (Å²) in [5.74, 6) is 1.85. The predicted octanol–water partition coefficient (Wildman–Crippen LogP) is 9.22. The van der Waals surface area contributed by atoms with Crippen molar-refractivity contribution in [3.63, 3.8) is 0 Å². The van der Waals surface area contributed by atoms with E-state index in [-0.39, 0.29) is 0 Å². The summed E-state index contributed by atoms with van der Waals surface area (Å²) in [5.41, 5.74) is 9.42. The van der Waals surface area contributed by atoms with Gasteiger partial charge >= 0.3 is 0 Å². The van der Waals surface area contributed by atoms with Gasteiger partial charge in [-0.25, -0.2) is 0 Å². The van der Waals surface area contributed by atoms with Crippen LogP contribution in [0, 0.1) is 17.8 Å². The van der Waals surface area contributed by atoms with Gasteiger partial charge in [-0.15, -0.1) is 0 Å². The minimum absolute atomic E-state index is 0.340. The van der Waals surface area contributed by atoms with E-state index in [2.05, 4.69) is 80.0 Å². The fourth-order valence-electron chi connectivity index (χ4n) is 6.05. The van der Waals surface area contributed by atoms with Crippen LogP contribution in [0.4, 0.5) is 0 Å². The van der Waals surface area contributed by atoms with Crippen LogP contribution in [0.5, 0.6) is 0 Å². The van der Waals surface area contributed by atoms with Gasteiger partial charge in [-0.3, -0.25) is 0 Å². The summed E-state index contributed by atoms with van der Waals surface area (Å²) in [6, 6.07) is 0. The monoisotopic (exact) mass is 434 g/mol. The van der Waals surface area contributed by atoms with Gasteiger partial charge in [-0.05, 0) is 59.5 Å². The first-order valence-corrected chi connectivity index (χ1v) is 13.1. The molecule has 0 radical (unpaired) electrons. The fourth-order valence-corrected chi connectivity index (χ4v) is 6.05. The van der Waals surface area contributed by atoms with Crippen LogP contribution in [0.2, 0.25) is 0 Å². The predicted molar refractivity (Wildman–Crippen MR) is 143 cm³/mol. The van der Waals surface area contributed by atoms with Gasteiger partial charge in [0.2, 0.25) is 0 Å². The van der Waals surface area contributed by atoms with Crippen molar-refractivity contribution in [1.82, 2.24) is 0 Å². The molecule has 0 aromatic rings. The molecule has 0 heteroatoms. The summed E-state index contributed by atoms with van der Waals surface area (Å²) >= 11 is 0. The summed E-state index contributed by atoms with van der Waals surface area (Å²) in [4.78, 5) is 0. The number of fused-ring (bicyclic) bond motifs is 2. The molecular weight excluding hydrogens is 396 g/mol. The van der Waals surface area contributed by atoms with Crippen molar-refractivity contribution in [3.8, 4) is 0 Å². The van der Waals surface area contributed by atoms with Gasteiger partial charge in [0.1, 0.15) is 0 Å². The summed E-state index contributed by atoms with van der Waals surface area (Å²) in [5, 5.41) is 0. The van der Waals surface area contributed by atoms with Crippen LogP contribution in [0.1, 0.15) is 64.2 Å². The molecule has 5 aliphatic carbocycles. The van der Waals surface area contributed by atoms with Crippen LogP contribution in [-0.2, 0) is 0 Å². The van der Waals surface area contributed by atoms with Crippen molar-refractivity contribution in [1.29, 1.82) is 0 Å². The van der Waals surface area contributed by atoms with Crippen molar-refractivity contribution >= 4 is 0 Å². The standard InChI is InChI=1S/C33H38/c1-24(31-19-25(2)33-14-8-7-13-30(33)23-31)15-16-28-21-29-18-17-27(20-32(29)22-28)12-6-5-11-26-9-3-4-10-26/h7-8,13-14,17-23,26,32-33H,1-6,9-12,15-16H2. The van der Waals surface area contributed by atoms with Gasteiger partial charge in [0.05, 0.1) is 0 Å². The van der Waals surface area contributed by atoms with E-state index < -0.39 is 0 Å². The lowest BCUT2D eigenvalue weighted by molar-refractivity contribution is 0.474. The van der Waals surface area contributed by atoms with Crippen LogP contribution in [0.15, 0.2) is 119 Å². The van der Waals surface area contributed by atoms with E-state index in [9.17, 15) is 0 Å².